The van der Waals surface area contributed by atoms with Gasteiger partial charge in [-0.2, -0.15) is 5.10 Å². The predicted octanol–water partition coefficient (Wildman–Crippen LogP) is 4.14. The van der Waals surface area contributed by atoms with Crippen molar-refractivity contribution in [3.05, 3.63) is 37.6 Å². The first-order chi connectivity index (χ1) is 19.2. The number of aromatic nitrogens is 2. The van der Waals surface area contributed by atoms with Gasteiger partial charge in [-0.3, -0.25) is 14.4 Å². The average molecular weight is 707 g/mol. The SMILES string of the molecule is CCCCC/C=C\C(C)C(NC(=O)C1CCCN1C(=O)CNC(=O)OC(C)(C)C)C(=O)O.O=c1[nH]ncc(Br)c1Br. The molecular formula is C27H41Br2N5O7. The van der Waals surface area contributed by atoms with Crippen molar-refractivity contribution in [2.24, 2.45) is 5.92 Å². The number of carbonyl (C=O) groups excluding carboxylic acids is 3. The Labute approximate surface area is 257 Å². The molecule has 230 valence electrons. The lowest BCUT2D eigenvalue weighted by Gasteiger charge is -2.27. The monoisotopic (exact) mass is 705 g/mol. The van der Waals surface area contributed by atoms with E-state index < -0.39 is 47.5 Å². The van der Waals surface area contributed by atoms with Gasteiger partial charge in [0, 0.05) is 12.5 Å². The molecule has 12 nitrogen and oxygen atoms in total. The van der Waals surface area contributed by atoms with Crippen LogP contribution in [0.15, 0.2) is 32.1 Å². The van der Waals surface area contributed by atoms with E-state index in [0.717, 1.165) is 25.7 Å². The second kappa shape index (κ2) is 17.9. The zero-order chi connectivity index (χ0) is 31.2. The van der Waals surface area contributed by atoms with E-state index in [2.05, 4.69) is 59.6 Å². The lowest BCUT2D eigenvalue weighted by atomic mass is 10.00. The lowest BCUT2D eigenvalue weighted by molar-refractivity contribution is -0.144. The molecule has 0 bridgehead atoms. The molecule has 0 aliphatic carbocycles. The highest BCUT2D eigenvalue weighted by molar-refractivity contribution is 9.13. The van der Waals surface area contributed by atoms with E-state index >= 15 is 0 Å². The van der Waals surface area contributed by atoms with Gasteiger partial charge < -0.3 is 25.4 Å². The zero-order valence-electron chi connectivity index (χ0n) is 24.2. The fourth-order valence-corrected chi connectivity index (χ4v) is 4.34. The molecule has 3 amide bonds. The molecule has 1 fully saturated rings. The number of aliphatic carboxylic acids is 1. The molecule has 4 N–H and O–H groups in total. The topological polar surface area (TPSA) is 171 Å². The number of carboxylic acid groups (broad SMARTS) is 1. The summed E-state index contributed by atoms with van der Waals surface area (Å²) >= 11 is 6.17. The van der Waals surface area contributed by atoms with Gasteiger partial charge in [-0.1, -0.05) is 38.8 Å². The number of allylic oxidation sites excluding steroid dienone is 1. The summed E-state index contributed by atoms with van der Waals surface area (Å²) in [5, 5.41) is 20.4. The largest absolute Gasteiger partial charge is 0.480 e. The minimum absolute atomic E-state index is 0.232. The lowest BCUT2D eigenvalue weighted by Crippen LogP contribution is -2.53. The van der Waals surface area contributed by atoms with Gasteiger partial charge in [0.15, 0.2) is 0 Å². The number of nitrogens with one attached hydrogen (secondary N) is 3. The van der Waals surface area contributed by atoms with E-state index in [4.69, 9.17) is 4.74 Å². The third kappa shape index (κ3) is 13.6. The maximum atomic E-state index is 12.8. The molecule has 0 aromatic carbocycles. The summed E-state index contributed by atoms with van der Waals surface area (Å²) in [4.78, 5) is 60.9. The van der Waals surface area contributed by atoms with E-state index in [-0.39, 0.29) is 12.1 Å². The third-order valence-corrected chi connectivity index (χ3v) is 7.84. The van der Waals surface area contributed by atoms with Crippen LogP contribution in [0.25, 0.3) is 0 Å². The Bertz CT molecular complexity index is 1120. The number of alkyl carbamates (subject to hydrolysis) is 1. The highest BCUT2D eigenvalue weighted by Crippen LogP contribution is 2.19. The van der Waals surface area contributed by atoms with Gasteiger partial charge in [-0.25, -0.2) is 14.7 Å². The number of likely N-dealkylation sites (tertiary alicyclic amines) is 1. The van der Waals surface area contributed by atoms with Crippen LogP contribution in [0.5, 0.6) is 0 Å². The molecule has 0 radical (unpaired) electrons. The molecular weight excluding hydrogens is 666 g/mol. The Balaban J connectivity index is 0.000000787. The Morgan fingerprint density at radius 1 is 1.27 bits per heavy atom. The second-order valence-electron chi connectivity index (χ2n) is 10.6. The predicted molar refractivity (Wildman–Crippen MR) is 161 cm³/mol. The Hall–Kier alpha value is -2.74. The van der Waals surface area contributed by atoms with Crippen molar-refractivity contribution >= 4 is 55.7 Å². The number of carbonyl (C=O) groups is 4. The molecule has 0 saturated carbocycles. The fraction of sp³-hybridized carbons (Fsp3) is 0.630. The highest BCUT2D eigenvalue weighted by atomic mass is 79.9. The number of amides is 3. The molecule has 2 rings (SSSR count). The molecule has 1 aliphatic heterocycles. The molecule has 14 heteroatoms. The number of nitrogens with zero attached hydrogens (tertiary/aromatic N) is 2. The van der Waals surface area contributed by atoms with E-state index in [9.17, 15) is 29.1 Å². The smallest absolute Gasteiger partial charge is 0.408 e. The van der Waals surface area contributed by atoms with Crippen LogP contribution in [0.2, 0.25) is 0 Å². The maximum Gasteiger partial charge on any atom is 0.408 e. The van der Waals surface area contributed by atoms with Gasteiger partial charge in [0.25, 0.3) is 5.56 Å². The summed E-state index contributed by atoms with van der Waals surface area (Å²) < 4.78 is 6.24. The second-order valence-corrected chi connectivity index (χ2v) is 12.2. The molecule has 1 aromatic heterocycles. The van der Waals surface area contributed by atoms with Gasteiger partial charge >= 0.3 is 12.1 Å². The van der Waals surface area contributed by atoms with E-state index in [1.165, 1.54) is 11.1 Å². The van der Waals surface area contributed by atoms with E-state index in [1.54, 1.807) is 27.7 Å². The highest BCUT2D eigenvalue weighted by Gasteiger charge is 2.36. The molecule has 2 heterocycles. The van der Waals surface area contributed by atoms with Crippen molar-refractivity contribution in [3.63, 3.8) is 0 Å². The summed E-state index contributed by atoms with van der Waals surface area (Å²) in [5.74, 6) is -2.42. The Morgan fingerprint density at radius 2 is 1.95 bits per heavy atom. The molecule has 1 aliphatic rings. The number of rotatable bonds is 11. The zero-order valence-corrected chi connectivity index (χ0v) is 27.3. The number of carboxylic acids is 1. The Morgan fingerprint density at radius 3 is 2.51 bits per heavy atom. The molecule has 0 spiro atoms. The summed E-state index contributed by atoms with van der Waals surface area (Å²) in [5.41, 5.74) is -0.916. The van der Waals surface area contributed by atoms with Gasteiger partial charge in [-0.15, -0.1) is 0 Å². The number of hydrogen-bond donors (Lipinski definition) is 4. The number of halogens is 2. The molecule has 1 aromatic rings. The molecule has 41 heavy (non-hydrogen) atoms. The number of hydrogen-bond acceptors (Lipinski definition) is 7. The van der Waals surface area contributed by atoms with Crippen molar-refractivity contribution < 1.29 is 29.0 Å². The number of ether oxygens (including phenoxy) is 1. The first-order valence-corrected chi connectivity index (χ1v) is 15.1. The van der Waals surface area contributed by atoms with Crippen molar-refractivity contribution in [3.8, 4) is 0 Å². The van der Waals surface area contributed by atoms with Gasteiger partial charge in [0.05, 0.1) is 15.1 Å². The fourth-order valence-electron chi connectivity index (χ4n) is 3.86. The molecule has 3 atom stereocenters. The number of unbranched alkanes of at least 4 members (excludes halogenated alkanes) is 3. The van der Waals surface area contributed by atoms with Crippen molar-refractivity contribution in [2.75, 3.05) is 13.1 Å². The van der Waals surface area contributed by atoms with Gasteiger partial charge in [-0.05, 0) is 78.3 Å². The standard InChI is InChI=1S/C23H39N3O6.C4H2Br2N2O/c1-6-7-8-9-10-12-16(2)19(21(29)30)25-20(28)17-13-11-14-26(17)18(27)15-24-22(31)32-23(3,4)5;5-2-1-7-8-4(9)3(2)6/h10,12,16-17,19H,6-9,11,13-15H2,1-5H3,(H,24,31)(H,25,28)(H,29,30);1H,(H,8,9)/b12-10-;. The van der Waals surface area contributed by atoms with Crippen LogP contribution in [0.1, 0.15) is 73.1 Å². The number of aromatic amines is 1. The van der Waals surface area contributed by atoms with Crippen LogP contribution in [0.3, 0.4) is 0 Å². The minimum Gasteiger partial charge on any atom is -0.480 e. The molecule has 1 saturated heterocycles. The van der Waals surface area contributed by atoms with Crippen molar-refractivity contribution in [2.45, 2.75) is 90.8 Å². The summed E-state index contributed by atoms with van der Waals surface area (Å²) in [6.07, 6.45) is 9.77. The van der Waals surface area contributed by atoms with Crippen molar-refractivity contribution in [1.82, 2.24) is 25.7 Å². The van der Waals surface area contributed by atoms with Crippen LogP contribution in [0, 0.1) is 5.92 Å². The average Bonchev–Trinajstić information content (AvgIpc) is 3.38. The quantitative estimate of drug-likeness (QED) is 0.197. The summed E-state index contributed by atoms with van der Waals surface area (Å²) in [6.45, 7) is 9.10. The summed E-state index contributed by atoms with van der Waals surface area (Å²) in [6, 6.07) is -1.84. The van der Waals surface area contributed by atoms with Crippen LogP contribution >= 0.6 is 31.9 Å². The first-order valence-electron chi connectivity index (χ1n) is 13.5. The summed E-state index contributed by atoms with van der Waals surface area (Å²) in [7, 11) is 0. The maximum absolute atomic E-state index is 12.8. The van der Waals surface area contributed by atoms with Gasteiger partial charge in [0.2, 0.25) is 11.8 Å². The normalized spacial score (nSPS) is 16.4. The minimum atomic E-state index is -1.12. The van der Waals surface area contributed by atoms with E-state index in [0.29, 0.717) is 28.3 Å². The van der Waals surface area contributed by atoms with Crippen molar-refractivity contribution in [1.29, 1.82) is 0 Å². The van der Waals surface area contributed by atoms with E-state index in [1.807, 2.05) is 12.2 Å². The van der Waals surface area contributed by atoms with Crippen LogP contribution < -0.4 is 16.2 Å². The number of H-pyrrole nitrogens is 1. The third-order valence-electron chi connectivity index (χ3n) is 5.92. The Kier molecular flexibility index (Phi) is 15.9. The molecule has 3 unspecified atom stereocenters. The first kappa shape index (κ1) is 36.3. The van der Waals surface area contributed by atoms with Crippen LogP contribution in [-0.2, 0) is 19.1 Å². The van der Waals surface area contributed by atoms with Crippen LogP contribution in [-0.4, -0.2) is 74.9 Å². The van der Waals surface area contributed by atoms with Gasteiger partial charge in [0.1, 0.15) is 24.2 Å². The van der Waals surface area contributed by atoms with Crippen LogP contribution in [0.4, 0.5) is 4.79 Å².